The molecule has 0 bridgehead atoms. The maximum atomic E-state index is 12.1. The largest absolute Gasteiger partial charge is 0.494 e. The Bertz CT molecular complexity index is 863. The number of aromatic nitrogens is 2. The van der Waals surface area contributed by atoms with Gasteiger partial charge in [0, 0.05) is 12.6 Å². The fraction of sp³-hybridized carbons (Fsp3) is 0.368. The molecule has 1 aromatic carbocycles. The molecule has 2 rings (SSSR count). The lowest BCUT2D eigenvalue weighted by molar-refractivity contribution is -0.128. The molecule has 0 saturated carbocycles. The standard InChI is InChI=1S/C19H24N4O5/c1-4-12-23-17(24)11-10-16(22-23)19(26)21-20-18(25)13(3)28-15-8-6-14(7-9-15)27-5-2/h6-11,13H,4-5,12H2,1-3H3,(H,20,25)(H,21,26)/t13-/m0/s1. The van der Waals surface area contributed by atoms with Crippen LogP contribution >= 0.6 is 0 Å². The number of nitrogens with zero attached hydrogens (tertiary/aromatic N) is 2. The van der Waals surface area contributed by atoms with Crippen LogP contribution in [0.3, 0.4) is 0 Å². The van der Waals surface area contributed by atoms with Crippen LogP contribution in [0.15, 0.2) is 41.2 Å². The zero-order valence-corrected chi connectivity index (χ0v) is 16.1. The minimum atomic E-state index is -0.847. The number of aryl methyl sites for hydroxylation is 1. The van der Waals surface area contributed by atoms with Gasteiger partial charge in [-0.2, -0.15) is 5.10 Å². The molecule has 0 spiro atoms. The Morgan fingerprint density at radius 1 is 1.07 bits per heavy atom. The summed E-state index contributed by atoms with van der Waals surface area (Å²) in [4.78, 5) is 35.9. The van der Waals surface area contributed by atoms with Crippen LogP contribution < -0.4 is 25.9 Å². The van der Waals surface area contributed by atoms with Crippen molar-refractivity contribution in [1.82, 2.24) is 20.6 Å². The van der Waals surface area contributed by atoms with Crippen molar-refractivity contribution in [3.8, 4) is 11.5 Å². The summed E-state index contributed by atoms with van der Waals surface area (Å²) < 4.78 is 12.1. The number of benzene rings is 1. The van der Waals surface area contributed by atoms with Crippen LogP contribution in [0.4, 0.5) is 0 Å². The quantitative estimate of drug-likeness (QED) is 0.659. The normalized spacial score (nSPS) is 11.4. The molecule has 2 amide bonds. The molecule has 9 heteroatoms. The van der Waals surface area contributed by atoms with Gasteiger partial charge in [-0.25, -0.2) is 4.68 Å². The molecule has 0 aliphatic heterocycles. The number of amides is 2. The van der Waals surface area contributed by atoms with E-state index >= 15 is 0 Å². The molecule has 2 aromatic rings. The lowest BCUT2D eigenvalue weighted by Gasteiger charge is -2.15. The highest BCUT2D eigenvalue weighted by atomic mass is 16.5. The van der Waals surface area contributed by atoms with Crippen molar-refractivity contribution < 1.29 is 19.1 Å². The van der Waals surface area contributed by atoms with Crippen molar-refractivity contribution in [2.45, 2.75) is 39.8 Å². The van der Waals surface area contributed by atoms with Gasteiger partial charge in [-0.1, -0.05) is 6.92 Å². The third kappa shape index (κ3) is 5.83. The fourth-order valence-corrected chi connectivity index (χ4v) is 2.26. The van der Waals surface area contributed by atoms with Crippen LogP contribution in [0.5, 0.6) is 11.5 Å². The van der Waals surface area contributed by atoms with E-state index in [1.807, 2.05) is 13.8 Å². The molecule has 0 fully saturated rings. The number of ether oxygens (including phenoxy) is 2. The lowest BCUT2D eigenvalue weighted by Crippen LogP contribution is -2.47. The minimum Gasteiger partial charge on any atom is -0.494 e. The van der Waals surface area contributed by atoms with Gasteiger partial charge < -0.3 is 9.47 Å². The molecule has 2 N–H and O–H groups in total. The van der Waals surface area contributed by atoms with E-state index in [0.29, 0.717) is 31.1 Å². The van der Waals surface area contributed by atoms with E-state index in [1.54, 1.807) is 31.2 Å². The predicted octanol–water partition coefficient (Wildman–Crippen LogP) is 1.28. The van der Waals surface area contributed by atoms with E-state index in [1.165, 1.54) is 16.8 Å². The number of hydrazine groups is 1. The van der Waals surface area contributed by atoms with Gasteiger partial charge in [0.05, 0.1) is 6.61 Å². The van der Waals surface area contributed by atoms with Crippen molar-refractivity contribution in [2.75, 3.05) is 6.61 Å². The first kappa shape index (κ1) is 20.9. The van der Waals surface area contributed by atoms with Crippen molar-refractivity contribution in [3.05, 3.63) is 52.4 Å². The van der Waals surface area contributed by atoms with Gasteiger partial charge in [-0.05, 0) is 50.6 Å². The third-order valence-electron chi connectivity index (χ3n) is 3.65. The highest BCUT2D eigenvalue weighted by Gasteiger charge is 2.17. The van der Waals surface area contributed by atoms with E-state index < -0.39 is 17.9 Å². The van der Waals surface area contributed by atoms with Gasteiger partial charge in [-0.3, -0.25) is 25.2 Å². The van der Waals surface area contributed by atoms with Crippen molar-refractivity contribution in [2.24, 2.45) is 0 Å². The first-order valence-electron chi connectivity index (χ1n) is 9.02. The van der Waals surface area contributed by atoms with Gasteiger partial charge in [0.2, 0.25) is 0 Å². The smallest absolute Gasteiger partial charge is 0.290 e. The summed E-state index contributed by atoms with van der Waals surface area (Å²) in [6.45, 7) is 6.30. The van der Waals surface area contributed by atoms with Crippen molar-refractivity contribution in [3.63, 3.8) is 0 Å². The third-order valence-corrected chi connectivity index (χ3v) is 3.65. The van der Waals surface area contributed by atoms with Crippen molar-refractivity contribution >= 4 is 11.8 Å². The predicted molar refractivity (Wildman–Crippen MR) is 102 cm³/mol. The van der Waals surface area contributed by atoms with E-state index in [0.717, 1.165) is 0 Å². The molecule has 1 atom stereocenters. The fourth-order valence-electron chi connectivity index (χ4n) is 2.26. The summed E-state index contributed by atoms with van der Waals surface area (Å²) in [5.41, 5.74) is 4.28. The average Bonchev–Trinajstić information content (AvgIpc) is 2.69. The van der Waals surface area contributed by atoms with Crippen LogP contribution in [0, 0.1) is 0 Å². The van der Waals surface area contributed by atoms with E-state index in [-0.39, 0.29) is 11.3 Å². The number of carbonyl (C=O) groups excluding carboxylic acids is 2. The lowest BCUT2D eigenvalue weighted by atomic mass is 10.3. The van der Waals surface area contributed by atoms with Crippen LogP contribution in [0.25, 0.3) is 0 Å². The first-order valence-corrected chi connectivity index (χ1v) is 9.02. The molecule has 1 heterocycles. The SMILES string of the molecule is CCCn1nc(C(=O)NNC(=O)[C@H](C)Oc2ccc(OCC)cc2)ccc1=O. The summed E-state index contributed by atoms with van der Waals surface area (Å²) in [5.74, 6) is 0.0254. The van der Waals surface area contributed by atoms with Gasteiger partial charge in [0.15, 0.2) is 11.8 Å². The Morgan fingerprint density at radius 2 is 1.75 bits per heavy atom. The maximum Gasteiger partial charge on any atom is 0.290 e. The van der Waals surface area contributed by atoms with E-state index in [4.69, 9.17) is 9.47 Å². The van der Waals surface area contributed by atoms with Crippen LogP contribution in [0.1, 0.15) is 37.7 Å². The molecule has 9 nitrogen and oxygen atoms in total. The molecule has 0 unspecified atom stereocenters. The zero-order valence-electron chi connectivity index (χ0n) is 16.1. The average molecular weight is 388 g/mol. The minimum absolute atomic E-state index is 0.0217. The van der Waals surface area contributed by atoms with Crippen molar-refractivity contribution in [1.29, 1.82) is 0 Å². The second-order valence-corrected chi connectivity index (χ2v) is 5.89. The molecule has 28 heavy (non-hydrogen) atoms. The Balaban J connectivity index is 1.89. The molecule has 0 aliphatic carbocycles. The van der Waals surface area contributed by atoms with Gasteiger partial charge in [-0.15, -0.1) is 0 Å². The molecule has 0 radical (unpaired) electrons. The number of hydrogen-bond acceptors (Lipinski definition) is 6. The van der Waals surface area contributed by atoms with E-state index in [2.05, 4.69) is 16.0 Å². The Morgan fingerprint density at radius 3 is 2.39 bits per heavy atom. The topological polar surface area (TPSA) is 112 Å². The van der Waals surface area contributed by atoms with Crippen LogP contribution in [-0.4, -0.2) is 34.3 Å². The van der Waals surface area contributed by atoms with Crippen LogP contribution in [-0.2, 0) is 11.3 Å². The highest BCUT2D eigenvalue weighted by Crippen LogP contribution is 2.18. The highest BCUT2D eigenvalue weighted by molar-refractivity contribution is 5.93. The maximum absolute atomic E-state index is 12.1. The second-order valence-electron chi connectivity index (χ2n) is 5.89. The molecule has 0 saturated heterocycles. The van der Waals surface area contributed by atoms with Gasteiger partial charge in [0.25, 0.3) is 17.4 Å². The summed E-state index contributed by atoms with van der Waals surface area (Å²) in [7, 11) is 0. The molecule has 1 aromatic heterocycles. The van der Waals surface area contributed by atoms with Crippen LogP contribution in [0.2, 0.25) is 0 Å². The second kappa shape index (κ2) is 10.1. The number of rotatable bonds is 8. The number of carbonyl (C=O) groups is 2. The Labute approximate surface area is 162 Å². The van der Waals surface area contributed by atoms with Gasteiger partial charge in [0.1, 0.15) is 11.5 Å². The Kier molecular flexibility index (Phi) is 7.55. The summed E-state index contributed by atoms with van der Waals surface area (Å²) >= 11 is 0. The number of nitrogens with one attached hydrogen (secondary N) is 2. The molecule has 150 valence electrons. The molecular weight excluding hydrogens is 364 g/mol. The Hall–Kier alpha value is -3.36. The summed E-state index contributed by atoms with van der Waals surface area (Å²) in [5, 5.41) is 3.97. The monoisotopic (exact) mass is 388 g/mol. The molecule has 0 aliphatic rings. The number of hydrogen-bond donors (Lipinski definition) is 2. The first-order chi connectivity index (χ1) is 13.4. The zero-order chi connectivity index (χ0) is 20.5. The summed E-state index contributed by atoms with van der Waals surface area (Å²) in [6.07, 6.45) is -0.144. The summed E-state index contributed by atoms with van der Waals surface area (Å²) in [6, 6.07) is 9.42. The van der Waals surface area contributed by atoms with Gasteiger partial charge >= 0.3 is 0 Å². The van der Waals surface area contributed by atoms with E-state index in [9.17, 15) is 14.4 Å². The molecular formula is C19H24N4O5.